The van der Waals surface area contributed by atoms with Crippen molar-refractivity contribution in [3.8, 4) is 0 Å². The van der Waals surface area contributed by atoms with Crippen molar-refractivity contribution in [1.82, 2.24) is 15.5 Å². The standard InChI is InChI=1S/C16H34N4O.HI/c1-6-8-9-10-11-14(3)19-16(17-12-7-2)18-13-15(21)20(4)5;/h14H,6-13H2,1-5H3,(H2,17,18,19);1H. The highest BCUT2D eigenvalue weighted by Crippen LogP contribution is 2.05. The highest BCUT2D eigenvalue weighted by atomic mass is 127. The summed E-state index contributed by atoms with van der Waals surface area (Å²) in [5, 5.41) is 6.66. The topological polar surface area (TPSA) is 56.7 Å². The Morgan fingerprint density at radius 1 is 1.14 bits per heavy atom. The molecular formula is C16H35IN4O. The maximum Gasteiger partial charge on any atom is 0.243 e. The number of aliphatic imine (C=N–C) groups is 1. The number of rotatable bonds is 10. The maximum atomic E-state index is 11.6. The molecule has 132 valence electrons. The molecule has 1 amide bonds. The zero-order chi connectivity index (χ0) is 16.1. The largest absolute Gasteiger partial charge is 0.356 e. The molecule has 5 nitrogen and oxygen atoms in total. The Labute approximate surface area is 153 Å². The lowest BCUT2D eigenvalue weighted by Gasteiger charge is -2.18. The van der Waals surface area contributed by atoms with Crippen LogP contribution in [-0.4, -0.2) is 50.0 Å². The molecule has 1 atom stereocenters. The lowest BCUT2D eigenvalue weighted by atomic mass is 10.1. The third kappa shape index (κ3) is 13.2. The Balaban J connectivity index is 0. The summed E-state index contributed by atoms with van der Waals surface area (Å²) < 4.78 is 0. The molecule has 0 aliphatic heterocycles. The van der Waals surface area contributed by atoms with Crippen LogP contribution in [0.4, 0.5) is 0 Å². The number of likely N-dealkylation sites (N-methyl/N-ethyl adjacent to an activating group) is 1. The summed E-state index contributed by atoms with van der Waals surface area (Å²) in [6.45, 7) is 7.56. The number of hydrogen-bond donors (Lipinski definition) is 2. The third-order valence-corrected chi connectivity index (χ3v) is 3.29. The third-order valence-electron chi connectivity index (χ3n) is 3.29. The molecule has 2 N–H and O–H groups in total. The van der Waals surface area contributed by atoms with Crippen molar-refractivity contribution in [2.75, 3.05) is 27.2 Å². The summed E-state index contributed by atoms with van der Waals surface area (Å²) >= 11 is 0. The first kappa shape index (κ1) is 23.7. The van der Waals surface area contributed by atoms with E-state index in [-0.39, 0.29) is 36.4 Å². The Hall–Kier alpha value is -0.530. The van der Waals surface area contributed by atoms with Gasteiger partial charge in [-0.1, -0.05) is 39.5 Å². The summed E-state index contributed by atoms with van der Waals surface area (Å²) in [4.78, 5) is 17.5. The van der Waals surface area contributed by atoms with Crippen molar-refractivity contribution in [3.05, 3.63) is 0 Å². The van der Waals surface area contributed by atoms with Crippen LogP contribution in [0.25, 0.3) is 0 Å². The summed E-state index contributed by atoms with van der Waals surface area (Å²) in [6, 6.07) is 0.374. The number of guanidine groups is 1. The van der Waals surface area contributed by atoms with E-state index < -0.39 is 0 Å². The van der Waals surface area contributed by atoms with E-state index in [1.165, 1.54) is 25.7 Å². The van der Waals surface area contributed by atoms with Crippen LogP contribution in [0.1, 0.15) is 59.3 Å². The fourth-order valence-electron chi connectivity index (χ4n) is 1.87. The van der Waals surface area contributed by atoms with Crippen molar-refractivity contribution in [3.63, 3.8) is 0 Å². The van der Waals surface area contributed by atoms with Crippen LogP contribution in [-0.2, 0) is 4.79 Å². The number of nitrogens with zero attached hydrogens (tertiary/aromatic N) is 2. The van der Waals surface area contributed by atoms with E-state index in [1.807, 2.05) is 0 Å². The van der Waals surface area contributed by atoms with Crippen LogP contribution >= 0.6 is 24.0 Å². The first-order valence-corrected chi connectivity index (χ1v) is 8.26. The molecule has 0 aromatic heterocycles. The van der Waals surface area contributed by atoms with Gasteiger partial charge in [0.25, 0.3) is 0 Å². The molecule has 0 radical (unpaired) electrons. The lowest BCUT2D eigenvalue weighted by Crippen LogP contribution is -2.43. The first-order valence-electron chi connectivity index (χ1n) is 8.26. The number of carbonyl (C=O) groups excluding carboxylic acids is 1. The van der Waals surface area contributed by atoms with E-state index >= 15 is 0 Å². The molecular weight excluding hydrogens is 391 g/mol. The van der Waals surface area contributed by atoms with Crippen LogP contribution in [0.5, 0.6) is 0 Å². The van der Waals surface area contributed by atoms with Crippen molar-refractivity contribution < 1.29 is 4.79 Å². The van der Waals surface area contributed by atoms with Gasteiger partial charge < -0.3 is 15.5 Å². The zero-order valence-electron chi connectivity index (χ0n) is 14.9. The fraction of sp³-hybridized carbons (Fsp3) is 0.875. The van der Waals surface area contributed by atoms with Gasteiger partial charge in [-0.05, 0) is 19.8 Å². The van der Waals surface area contributed by atoms with Crippen LogP contribution in [0.3, 0.4) is 0 Å². The molecule has 0 aliphatic rings. The molecule has 0 saturated heterocycles. The minimum Gasteiger partial charge on any atom is -0.356 e. The maximum absolute atomic E-state index is 11.6. The average Bonchev–Trinajstić information content (AvgIpc) is 2.45. The summed E-state index contributed by atoms with van der Waals surface area (Å²) in [5.41, 5.74) is 0. The van der Waals surface area contributed by atoms with Gasteiger partial charge >= 0.3 is 0 Å². The minimum absolute atomic E-state index is 0. The first-order chi connectivity index (χ1) is 10.0. The predicted molar refractivity (Wildman–Crippen MR) is 106 cm³/mol. The monoisotopic (exact) mass is 426 g/mol. The van der Waals surface area contributed by atoms with Crippen LogP contribution in [0.15, 0.2) is 4.99 Å². The summed E-state index contributed by atoms with van der Waals surface area (Å²) in [7, 11) is 3.50. The second-order valence-electron chi connectivity index (χ2n) is 5.77. The molecule has 0 aromatic rings. The molecule has 0 aliphatic carbocycles. The van der Waals surface area contributed by atoms with Crippen LogP contribution in [0.2, 0.25) is 0 Å². The highest BCUT2D eigenvalue weighted by molar-refractivity contribution is 14.0. The smallest absolute Gasteiger partial charge is 0.243 e. The van der Waals surface area contributed by atoms with Gasteiger partial charge in [-0.3, -0.25) is 4.79 Å². The average molecular weight is 426 g/mol. The Morgan fingerprint density at radius 3 is 2.36 bits per heavy atom. The van der Waals surface area contributed by atoms with E-state index in [2.05, 4.69) is 36.4 Å². The van der Waals surface area contributed by atoms with Crippen molar-refractivity contribution in [2.24, 2.45) is 4.99 Å². The number of hydrogen-bond acceptors (Lipinski definition) is 2. The molecule has 0 fully saturated rings. The number of carbonyl (C=O) groups is 1. The van der Waals surface area contributed by atoms with Crippen molar-refractivity contribution in [1.29, 1.82) is 0 Å². The van der Waals surface area contributed by atoms with Gasteiger partial charge in [0, 0.05) is 26.7 Å². The van der Waals surface area contributed by atoms with E-state index in [4.69, 9.17) is 0 Å². The number of halogens is 1. The molecule has 0 saturated carbocycles. The normalized spacial score (nSPS) is 12.3. The second-order valence-corrected chi connectivity index (χ2v) is 5.77. The van der Waals surface area contributed by atoms with Crippen LogP contribution < -0.4 is 10.6 Å². The molecule has 22 heavy (non-hydrogen) atoms. The number of unbranched alkanes of at least 4 members (excludes halogenated alkanes) is 3. The van der Waals surface area contributed by atoms with Crippen molar-refractivity contribution >= 4 is 35.8 Å². The van der Waals surface area contributed by atoms with Gasteiger partial charge in [-0.25, -0.2) is 4.99 Å². The summed E-state index contributed by atoms with van der Waals surface area (Å²) in [6.07, 6.45) is 7.26. The lowest BCUT2D eigenvalue weighted by molar-refractivity contribution is -0.127. The Kier molecular flexibility index (Phi) is 16.6. The number of nitrogens with one attached hydrogen (secondary N) is 2. The Morgan fingerprint density at radius 2 is 1.82 bits per heavy atom. The van der Waals surface area contributed by atoms with Gasteiger partial charge in [0.05, 0.1) is 0 Å². The van der Waals surface area contributed by atoms with Gasteiger partial charge in [0.1, 0.15) is 6.54 Å². The van der Waals surface area contributed by atoms with E-state index in [0.717, 1.165) is 25.3 Å². The molecule has 6 heteroatoms. The zero-order valence-corrected chi connectivity index (χ0v) is 17.3. The quantitative estimate of drug-likeness (QED) is 0.244. The molecule has 0 heterocycles. The van der Waals surface area contributed by atoms with Gasteiger partial charge in [-0.15, -0.1) is 24.0 Å². The van der Waals surface area contributed by atoms with Gasteiger partial charge in [-0.2, -0.15) is 0 Å². The number of amides is 1. The highest BCUT2D eigenvalue weighted by Gasteiger charge is 2.07. The predicted octanol–water partition coefficient (Wildman–Crippen LogP) is 3.00. The van der Waals surface area contributed by atoms with Crippen LogP contribution in [0, 0.1) is 0 Å². The minimum atomic E-state index is 0. The molecule has 1 unspecified atom stereocenters. The van der Waals surface area contributed by atoms with E-state index in [1.54, 1.807) is 19.0 Å². The molecule has 0 aromatic carbocycles. The second kappa shape index (κ2) is 15.4. The van der Waals surface area contributed by atoms with Gasteiger partial charge in [0.2, 0.25) is 5.91 Å². The molecule has 0 bridgehead atoms. The van der Waals surface area contributed by atoms with E-state index in [0.29, 0.717) is 6.04 Å². The SMILES string of the molecule is CCCCCCC(C)NC(=NCC(=O)N(C)C)NCCC.I. The fourth-order valence-corrected chi connectivity index (χ4v) is 1.87. The van der Waals surface area contributed by atoms with E-state index in [9.17, 15) is 4.79 Å². The van der Waals surface area contributed by atoms with Gasteiger partial charge in [0.15, 0.2) is 5.96 Å². The van der Waals surface area contributed by atoms with Crippen molar-refractivity contribution in [2.45, 2.75) is 65.3 Å². The Bertz CT molecular complexity index is 309. The molecule has 0 spiro atoms. The molecule has 0 rings (SSSR count). The summed E-state index contributed by atoms with van der Waals surface area (Å²) in [5.74, 6) is 0.762.